The number of carbonyl (C=O) groups excluding carboxylic acids is 1. The molecule has 112 valence electrons. The van der Waals surface area contributed by atoms with Gasteiger partial charge >= 0.3 is 0 Å². The molecule has 0 atom stereocenters. The van der Waals surface area contributed by atoms with E-state index in [0.29, 0.717) is 17.9 Å². The quantitative estimate of drug-likeness (QED) is 0.864. The highest BCUT2D eigenvalue weighted by atomic mass is 16.1. The second-order valence-electron chi connectivity index (χ2n) is 5.82. The van der Waals surface area contributed by atoms with E-state index in [1.807, 2.05) is 24.6 Å². The fourth-order valence-electron chi connectivity index (χ4n) is 2.71. The van der Waals surface area contributed by atoms with Crippen LogP contribution in [0.3, 0.4) is 0 Å². The van der Waals surface area contributed by atoms with Gasteiger partial charge in [0.25, 0.3) is 5.91 Å². The number of nitrogens with two attached hydrogens (primary N) is 1. The number of anilines is 1. The van der Waals surface area contributed by atoms with E-state index in [0.717, 1.165) is 19.6 Å². The zero-order valence-corrected chi connectivity index (χ0v) is 12.6. The molecule has 1 fully saturated rings. The fourth-order valence-corrected chi connectivity index (χ4v) is 2.71. The number of aromatic nitrogens is 1. The topological polar surface area (TPSA) is 63.3 Å². The Kier molecular flexibility index (Phi) is 5.06. The second kappa shape index (κ2) is 6.79. The van der Waals surface area contributed by atoms with Gasteiger partial charge in [-0.15, -0.1) is 0 Å². The Labute approximate surface area is 121 Å². The summed E-state index contributed by atoms with van der Waals surface area (Å²) in [5.41, 5.74) is 7.08. The average molecular weight is 278 g/mol. The molecule has 5 nitrogen and oxygen atoms in total. The Morgan fingerprint density at radius 2 is 2.05 bits per heavy atom. The van der Waals surface area contributed by atoms with Gasteiger partial charge in [-0.25, -0.2) is 0 Å². The van der Waals surface area contributed by atoms with Crippen LogP contribution in [0.2, 0.25) is 0 Å². The smallest absolute Gasteiger partial charge is 0.268 e. The van der Waals surface area contributed by atoms with E-state index >= 15 is 0 Å². The van der Waals surface area contributed by atoms with Gasteiger partial charge in [-0.2, -0.15) is 0 Å². The van der Waals surface area contributed by atoms with Gasteiger partial charge in [0.2, 0.25) is 0 Å². The molecule has 1 aliphatic rings. The van der Waals surface area contributed by atoms with E-state index in [-0.39, 0.29) is 11.9 Å². The number of likely N-dealkylation sites (tertiary alicyclic amines) is 1. The molecule has 5 heteroatoms. The summed E-state index contributed by atoms with van der Waals surface area (Å²) in [7, 11) is 0. The number of hydrogen-bond acceptors (Lipinski definition) is 3. The first kappa shape index (κ1) is 14.9. The maximum atomic E-state index is 12.2. The molecular formula is C15H26N4O. The number of piperidine rings is 1. The number of amides is 1. The molecule has 2 heterocycles. The molecule has 1 amide bonds. The Hall–Kier alpha value is -1.49. The molecule has 1 aliphatic heterocycles. The zero-order valence-electron chi connectivity index (χ0n) is 12.6. The van der Waals surface area contributed by atoms with Gasteiger partial charge in [-0.1, -0.05) is 6.42 Å². The van der Waals surface area contributed by atoms with Gasteiger partial charge in [0.05, 0.1) is 5.69 Å². The molecule has 0 bridgehead atoms. The largest absolute Gasteiger partial charge is 0.397 e. The van der Waals surface area contributed by atoms with Crippen molar-refractivity contribution in [2.75, 3.05) is 31.9 Å². The van der Waals surface area contributed by atoms with Crippen LogP contribution >= 0.6 is 0 Å². The summed E-state index contributed by atoms with van der Waals surface area (Å²) in [5.74, 6) is -0.0348. The van der Waals surface area contributed by atoms with Gasteiger partial charge < -0.3 is 20.5 Å². The highest BCUT2D eigenvalue weighted by Crippen LogP contribution is 2.16. The Morgan fingerprint density at radius 3 is 2.70 bits per heavy atom. The molecular weight excluding hydrogens is 252 g/mol. The van der Waals surface area contributed by atoms with Crippen LogP contribution in [0.1, 0.15) is 49.6 Å². The summed E-state index contributed by atoms with van der Waals surface area (Å²) < 4.78 is 1.92. The number of hydrogen-bond donors (Lipinski definition) is 2. The van der Waals surface area contributed by atoms with Crippen LogP contribution in [-0.4, -0.2) is 41.6 Å². The average Bonchev–Trinajstić information content (AvgIpc) is 2.82. The maximum absolute atomic E-state index is 12.2. The van der Waals surface area contributed by atoms with Crippen molar-refractivity contribution in [1.29, 1.82) is 0 Å². The van der Waals surface area contributed by atoms with Crippen LogP contribution in [0, 0.1) is 0 Å². The lowest BCUT2D eigenvalue weighted by Crippen LogP contribution is -2.38. The third kappa shape index (κ3) is 3.76. The highest BCUT2D eigenvalue weighted by Gasteiger charge is 2.15. The normalized spacial score (nSPS) is 16.6. The molecule has 20 heavy (non-hydrogen) atoms. The first-order valence-corrected chi connectivity index (χ1v) is 7.56. The van der Waals surface area contributed by atoms with E-state index in [9.17, 15) is 4.79 Å². The van der Waals surface area contributed by atoms with Gasteiger partial charge in [-0.3, -0.25) is 4.79 Å². The molecule has 2 rings (SSSR count). The molecule has 3 N–H and O–H groups in total. The number of rotatable bonds is 5. The summed E-state index contributed by atoms with van der Waals surface area (Å²) in [6, 6.07) is 1.98. The molecule has 0 aromatic carbocycles. The number of nitrogens with one attached hydrogen (secondary N) is 1. The van der Waals surface area contributed by atoms with Crippen LogP contribution in [0.5, 0.6) is 0 Å². The third-order valence-electron chi connectivity index (χ3n) is 3.82. The van der Waals surface area contributed by atoms with Crippen LogP contribution < -0.4 is 11.1 Å². The molecule has 1 aromatic heterocycles. The lowest BCUT2D eigenvalue weighted by molar-refractivity contribution is 0.0936. The molecule has 0 aliphatic carbocycles. The van der Waals surface area contributed by atoms with Crippen LogP contribution in [-0.2, 0) is 0 Å². The zero-order chi connectivity index (χ0) is 14.5. The monoisotopic (exact) mass is 278 g/mol. The van der Waals surface area contributed by atoms with Crippen molar-refractivity contribution in [3.63, 3.8) is 0 Å². The van der Waals surface area contributed by atoms with Crippen molar-refractivity contribution in [2.45, 2.75) is 39.2 Å². The van der Waals surface area contributed by atoms with Gasteiger partial charge in [0.15, 0.2) is 0 Å². The summed E-state index contributed by atoms with van der Waals surface area (Å²) in [5, 5.41) is 3.00. The summed E-state index contributed by atoms with van der Waals surface area (Å²) in [4.78, 5) is 14.6. The Balaban J connectivity index is 1.85. The second-order valence-corrected chi connectivity index (χ2v) is 5.82. The van der Waals surface area contributed by atoms with Crippen molar-refractivity contribution in [1.82, 2.24) is 14.8 Å². The molecule has 0 spiro atoms. The number of nitrogens with zero attached hydrogens (tertiary/aromatic N) is 2. The predicted molar refractivity (Wildman–Crippen MR) is 81.9 cm³/mol. The van der Waals surface area contributed by atoms with Gasteiger partial charge in [0.1, 0.15) is 5.69 Å². The number of carbonyl (C=O) groups is 1. The van der Waals surface area contributed by atoms with E-state index < -0.39 is 0 Å². The minimum atomic E-state index is -0.0348. The van der Waals surface area contributed by atoms with Crippen molar-refractivity contribution < 1.29 is 4.79 Å². The minimum absolute atomic E-state index is 0.0348. The Morgan fingerprint density at radius 1 is 1.35 bits per heavy atom. The first-order valence-electron chi connectivity index (χ1n) is 7.56. The van der Waals surface area contributed by atoms with E-state index in [4.69, 9.17) is 5.73 Å². The maximum Gasteiger partial charge on any atom is 0.268 e. The van der Waals surface area contributed by atoms with Crippen LogP contribution in [0.4, 0.5) is 5.69 Å². The fraction of sp³-hybridized carbons (Fsp3) is 0.667. The highest BCUT2D eigenvalue weighted by molar-refractivity contribution is 5.93. The summed E-state index contributed by atoms with van der Waals surface area (Å²) >= 11 is 0. The van der Waals surface area contributed by atoms with Gasteiger partial charge in [0, 0.05) is 25.3 Å². The summed E-state index contributed by atoms with van der Waals surface area (Å²) in [6.07, 6.45) is 5.72. The first-order chi connectivity index (χ1) is 9.58. The van der Waals surface area contributed by atoms with E-state index in [1.165, 1.54) is 19.3 Å². The minimum Gasteiger partial charge on any atom is -0.397 e. The van der Waals surface area contributed by atoms with E-state index in [1.54, 1.807) is 6.07 Å². The number of nitrogen functional groups attached to an aromatic ring is 1. The predicted octanol–water partition coefficient (Wildman–Crippen LogP) is 1.87. The molecule has 1 saturated heterocycles. The standard InChI is InChI=1S/C15H26N4O/c1-12(2)19-11-13(16)10-14(19)15(20)17-6-9-18-7-4-3-5-8-18/h10-12H,3-9,16H2,1-2H3,(H,17,20). The van der Waals surface area contributed by atoms with Crippen molar-refractivity contribution >= 4 is 11.6 Å². The molecule has 1 aromatic rings. The lowest BCUT2D eigenvalue weighted by atomic mass is 10.1. The summed E-state index contributed by atoms with van der Waals surface area (Å²) in [6.45, 7) is 8.04. The van der Waals surface area contributed by atoms with Crippen molar-refractivity contribution in [2.24, 2.45) is 0 Å². The molecule has 0 saturated carbocycles. The Bertz CT molecular complexity index is 447. The van der Waals surface area contributed by atoms with Gasteiger partial charge in [-0.05, 0) is 45.8 Å². The van der Waals surface area contributed by atoms with Crippen molar-refractivity contribution in [3.8, 4) is 0 Å². The molecule has 0 radical (unpaired) electrons. The SMILES string of the molecule is CC(C)n1cc(N)cc1C(=O)NCCN1CCCCC1. The van der Waals surface area contributed by atoms with Crippen LogP contribution in [0.25, 0.3) is 0 Å². The van der Waals surface area contributed by atoms with E-state index in [2.05, 4.69) is 10.2 Å². The lowest BCUT2D eigenvalue weighted by Gasteiger charge is -2.26. The molecule has 0 unspecified atom stereocenters. The van der Waals surface area contributed by atoms with Crippen LogP contribution in [0.15, 0.2) is 12.3 Å². The third-order valence-corrected chi connectivity index (χ3v) is 3.82. The van der Waals surface area contributed by atoms with Crippen molar-refractivity contribution in [3.05, 3.63) is 18.0 Å².